The molecule has 0 radical (unpaired) electrons. The fourth-order valence-corrected chi connectivity index (χ4v) is 6.90. The molecule has 0 spiro atoms. The zero-order chi connectivity index (χ0) is 35.8. The van der Waals surface area contributed by atoms with Gasteiger partial charge in [0.1, 0.15) is 17.6 Å². The number of hydrogen-bond donors (Lipinski definition) is 2. The molecule has 0 saturated carbocycles. The number of halogens is 2. The number of carbonyl (C=O) groups is 2. The largest absolute Gasteiger partial charge is 0.493 e. The van der Waals surface area contributed by atoms with Gasteiger partial charge in [-0.3, -0.25) is 24.8 Å². The van der Waals surface area contributed by atoms with Crippen LogP contribution in [0.4, 0.5) is 4.79 Å². The highest BCUT2D eigenvalue weighted by molar-refractivity contribution is 6.30. The Kier molecular flexibility index (Phi) is 12.8. The van der Waals surface area contributed by atoms with Crippen LogP contribution in [-0.2, 0) is 10.2 Å². The molecule has 3 amide bonds. The van der Waals surface area contributed by atoms with Crippen LogP contribution in [0.5, 0.6) is 5.75 Å². The Bertz CT molecular complexity index is 1630. The Labute approximate surface area is 306 Å². The van der Waals surface area contributed by atoms with Crippen LogP contribution in [0, 0.1) is 0 Å². The van der Waals surface area contributed by atoms with Gasteiger partial charge in [0.05, 0.1) is 18.2 Å². The predicted molar refractivity (Wildman–Crippen MR) is 199 cm³/mol. The van der Waals surface area contributed by atoms with Gasteiger partial charge in [0.2, 0.25) is 5.91 Å². The fourth-order valence-electron chi connectivity index (χ4n) is 6.65. The van der Waals surface area contributed by atoms with Crippen molar-refractivity contribution in [2.24, 2.45) is 4.99 Å². The molecule has 1 fully saturated rings. The summed E-state index contributed by atoms with van der Waals surface area (Å²) in [6, 6.07) is 20.7. The van der Waals surface area contributed by atoms with E-state index in [1.54, 1.807) is 5.48 Å². The number of ether oxygens (including phenoxy) is 1. The highest BCUT2D eigenvalue weighted by Crippen LogP contribution is 2.46. The Balaban J connectivity index is 1.45. The van der Waals surface area contributed by atoms with Crippen LogP contribution >= 0.6 is 23.2 Å². The first-order valence-corrected chi connectivity index (χ1v) is 18.4. The topological polar surface area (TPSA) is 97.7 Å². The molecule has 2 N–H and O–H groups in total. The number of unbranched alkanes of at least 4 members (excludes halogenated alkanes) is 3. The van der Waals surface area contributed by atoms with Crippen molar-refractivity contribution in [1.29, 1.82) is 0 Å². The lowest BCUT2D eigenvalue weighted by Crippen LogP contribution is -2.54. The molecule has 2 atom stereocenters. The third-order valence-electron chi connectivity index (χ3n) is 9.48. The molecule has 9 nitrogen and oxygen atoms in total. The van der Waals surface area contributed by atoms with E-state index in [1.807, 2.05) is 71.3 Å². The number of aliphatic imine (C=N–C) groups is 1. The average Bonchev–Trinajstić information content (AvgIpc) is 3.50. The molecule has 2 unspecified atom stereocenters. The molecular formula is C39H49Cl2N5O4. The summed E-state index contributed by atoms with van der Waals surface area (Å²) in [5.74, 6) is 0.937. The number of carbonyl (C=O) groups excluding carboxylic acids is 2. The van der Waals surface area contributed by atoms with E-state index in [4.69, 9.17) is 38.1 Å². The van der Waals surface area contributed by atoms with Crippen LogP contribution in [0.3, 0.4) is 0 Å². The zero-order valence-electron chi connectivity index (χ0n) is 29.5. The number of amidine groups is 1. The minimum Gasteiger partial charge on any atom is -0.493 e. The Morgan fingerprint density at radius 1 is 0.880 bits per heavy atom. The Morgan fingerprint density at radius 2 is 1.50 bits per heavy atom. The van der Waals surface area contributed by atoms with E-state index in [2.05, 4.69) is 37.8 Å². The lowest BCUT2D eigenvalue weighted by Gasteiger charge is -2.39. The summed E-state index contributed by atoms with van der Waals surface area (Å²) < 4.78 is 6.26. The first-order valence-electron chi connectivity index (χ1n) is 17.6. The van der Waals surface area contributed by atoms with Crippen LogP contribution in [0.15, 0.2) is 71.7 Å². The number of nitrogens with zero attached hydrogens (tertiary/aromatic N) is 4. The normalized spacial score (nSPS) is 18.3. The van der Waals surface area contributed by atoms with Crippen molar-refractivity contribution in [2.75, 3.05) is 39.3 Å². The van der Waals surface area contributed by atoms with Crippen molar-refractivity contribution in [3.8, 4) is 5.75 Å². The maximum atomic E-state index is 14.9. The van der Waals surface area contributed by atoms with E-state index in [0.29, 0.717) is 47.7 Å². The summed E-state index contributed by atoms with van der Waals surface area (Å²) in [7, 11) is 0. The minimum absolute atomic E-state index is 0.0921. The van der Waals surface area contributed by atoms with Crippen molar-refractivity contribution in [3.05, 3.63) is 99.0 Å². The predicted octanol–water partition coefficient (Wildman–Crippen LogP) is 8.43. The minimum atomic E-state index is -0.432. The van der Waals surface area contributed by atoms with Gasteiger partial charge < -0.3 is 9.64 Å². The summed E-state index contributed by atoms with van der Waals surface area (Å²) in [4.78, 5) is 37.7. The van der Waals surface area contributed by atoms with Gasteiger partial charge in [0.25, 0.3) is 0 Å². The first kappa shape index (κ1) is 37.6. The summed E-state index contributed by atoms with van der Waals surface area (Å²) in [6.07, 6.45) is 4.05. The van der Waals surface area contributed by atoms with Gasteiger partial charge >= 0.3 is 6.03 Å². The highest BCUT2D eigenvalue weighted by atomic mass is 35.5. The molecule has 50 heavy (non-hydrogen) atoms. The van der Waals surface area contributed by atoms with Crippen molar-refractivity contribution in [3.63, 3.8) is 0 Å². The zero-order valence-corrected chi connectivity index (χ0v) is 31.0. The number of rotatable bonds is 12. The maximum Gasteiger partial charge on any atom is 0.326 e. The molecule has 268 valence electrons. The van der Waals surface area contributed by atoms with E-state index in [0.717, 1.165) is 67.6 Å². The first-order chi connectivity index (χ1) is 24.0. The highest BCUT2D eigenvalue weighted by Gasteiger charge is 2.45. The third kappa shape index (κ3) is 9.18. The summed E-state index contributed by atoms with van der Waals surface area (Å²) in [5, 5.41) is 9.94. The molecule has 2 heterocycles. The van der Waals surface area contributed by atoms with Crippen molar-refractivity contribution in [2.45, 2.75) is 77.3 Å². The van der Waals surface area contributed by atoms with Crippen molar-refractivity contribution < 1.29 is 19.5 Å². The molecule has 3 aromatic carbocycles. The van der Waals surface area contributed by atoms with Crippen LogP contribution in [0.1, 0.15) is 94.1 Å². The third-order valence-corrected chi connectivity index (χ3v) is 9.98. The smallest absolute Gasteiger partial charge is 0.326 e. The maximum absolute atomic E-state index is 14.9. The number of benzene rings is 3. The van der Waals surface area contributed by atoms with Gasteiger partial charge in [-0.15, -0.1) is 0 Å². The molecule has 2 aliphatic heterocycles. The average molecular weight is 723 g/mol. The van der Waals surface area contributed by atoms with Crippen molar-refractivity contribution >= 4 is 41.0 Å². The number of piperazine rings is 1. The monoisotopic (exact) mass is 721 g/mol. The van der Waals surface area contributed by atoms with Gasteiger partial charge in [-0.2, -0.15) is 0 Å². The SMILES string of the molecule is CCOc1cc(C(C)(C)C)ccc1C1=NC(c2ccc(Cl)cc2)C(c2ccc(Cl)cc2)N1C(=O)N1CCN(CCCCCCC(=O)NO)CC1. The van der Waals surface area contributed by atoms with Gasteiger partial charge in [0.15, 0.2) is 0 Å². The Morgan fingerprint density at radius 3 is 2.10 bits per heavy atom. The van der Waals surface area contributed by atoms with Crippen LogP contribution in [0.2, 0.25) is 10.0 Å². The number of urea groups is 1. The van der Waals surface area contributed by atoms with Crippen LogP contribution < -0.4 is 10.2 Å². The summed E-state index contributed by atoms with van der Waals surface area (Å²) in [6.45, 7) is 12.6. The molecule has 3 aromatic rings. The van der Waals surface area contributed by atoms with E-state index < -0.39 is 12.1 Å². The van der Waals surface area contributed by atoms with Gasteiger partial charge in [-0.25, -0.2) is 10.3 Å². The van der Waals surface area contributed by atoms with E-state index >= 15 is 0 Å². The van der Waals surface area contributed by atoms with E-state index in [-0.39, 0.29) is 17.4 Å². The van der Waals surface area contributed by atoms with E-state index in [1.165, 1.54) is 0 Å². The fraction of sp³-hybridized carbons (Fsp3) is 0.462. The standard InChI is InChI=1S/C39H49Cl2N5O4/c1-5-50-33-26-29(39(2,3)4)15-20-32(33)37-42-35(27-11-16-30(40)17-12-27)36(28-13-18-31(41)19-14-28)46(37)38(48)45-24-22-44(23-25-45)21-9-7-6-8-10-34(47)43-49/h11-20,26,35-36,49H,5-10,21-25H2,1-4H3,(H,43,47). The second kappa shape index (κ2) is 17.1. The summed E-state index contributed by atoms with van der Waals surface area (Å²) >= 11 is 12.7. The quantitative estimate of drug-likeness (QED) is 0.111. The Hall–Kier alpha value is -3.63. The number of nitrogens with one attached hydrogen (secondary N) is 1. The van der Waals surface area contributed by atoms with E-state index in [9.17, 15) is 9.59 Å². The van der Waals surface area contributed by atoms with Crippen LogP contribution in [-0.4, -0.2) is 77.0 Å². The molecule has 0 bridgehead atoms. The molecule has 1 saturated heterocycles. The number of hydroxylamine groups is 1. The molecule has 11 heteroatoms. The number of hydrogen-bond acceptors (Lipinski definition) is 6. The second-order valence-corrected chi connectivity index (χ2v) is 14.9. The van der Waals surface area contributed by atoms with Gasteiger partial charge in [0, 0.05) is 42.6 Å². The number of amides is 3. The van der Waals surface area contributed by atoms with Crippen LogP contribution in [0.25, 0.3) is 0 Å². The summed E-state index contributed by atoms with van der Waals surface area (Å²) in [5.41, 5.74) is 5.39. The molecule has 5 rings (SSSR count). The van der Waals surface area contributed by atoms with Crippen molar-refractivity contribution in [1.82, 2.24) is 20.2 Å². The van der Waals surface area contributed by atoms with Gasteiger partial charge in [-0.1, -0.05) is 87.1 Å². The second-order valence-electron chi connectivity index (χ2n) is 14.0. The van der Waals surface area contributed by atoms with Gasteiger partial charge in [-0.05, 0) is 84.8 Å². The lowest BCUT2D eigenvalue weighted by molar-refractivity contribution is -0.129. The molecular weight excluding hydrogens is 673 g/mol. The molecule has 0 aliphatic carbocycles. The molecule has 0 aromatic heterocycles. The molecule has 2 aliphatic rings. The lowest BCUT2D eigenvalue weighted by atomic mass is 9.86.